The summed E-state index contributed by atoms with van der Waals surface area (Å²) in [6.45, 7) is 0. The van der Waals surface area contributed by atoms with Crippen LogP contribution in [0.3, 0.4) is 0 Å². The highest BCUT2D eigenvalue weighted by atomic mass is 16.3. The molecule has 1 fully saturated rings. The number of aliphatic hydroxyl groups is 1. The van der Waals surface area contributed by atoms with E-state index in [4.69, 9.17) is 0 Å². The van der Waals surface area contributed by atoms with Crippen molar-refractivity contribution in [1.29, 1.82) is 0 Å². The molecule has 1 amide bonds. The van der Waals surface area contributed by atoms with Gasteiger partial charge in [-0.2, -0.15) is 0 Å². The van der Waals surface area contributed by atoms with Crippen LogP contribution < -0.4 is 5.32 Å². The summed E-state index contributed by atoms with van der Waals surface area (Å²) in [5, 5.41) is 12.4. The van der Waals surface area contributed by atoms with E-state index in [1.807, 2.05) is 0 Å². The largest absolute Gasteiger partial charge is 0.393 e. The quantitative estimate of drug-likeness (QED) is 0.866. The second-order valence-corrected chi connectivity index (χ2v) is 5.19. The molecular weight excluding hydrogens is 270 g/mol. The van der Waals surface area contributed by atoms with Crippen LogP contribution in [-0.4, -0.2) is 42.7 Å². The number of carbonyl (C=O) groups is 1. The topological polar surface area (TPSA) is 92.9 Å². The first kappa shape index (κ1) is 13.7. The van der Waals surface area contributed by atoms with E-state index in [1.165, 1.54) is 0 Å². The van der Waals surface area contributed by atoms with Crippen LogP contribution in [0, 0.1) is 0 Å². The summed E-state index contributed by atoms with van der Waals surface area (Å²) in [6, 6.07) is 1.80. The summed E-state index contributed by atoms with van der Waals surface area (Å²) in [5.74, 6) is 0.470. The van der Waals surface area contributed by atoms with Gasteiger partial charge in [-0.15, -0.1) is 0 Å². The van der Waals surface area contributed by atoms with Gasteiger partial charge in [0.2, 0.25) is 5.82 Å². The van der Waals surface area contributed by atoms with Crippen LogP contribution in [0.5, 0.6) is 0 Å². The lowest BCUT2D eigenvalue weighted by Crippen LogP contribution is -2.39. The summed E-state index contributed by atoms with van der Waals surface area (Å²) in [5.41, 5.74) is 0. The van der Waals surface area contributed by atoms with Gasteiger partial charge in [-0.3, -0.25) is 9.36 Å². The van der Waals surface area contributed by atoms with Crippen LogP contribution in [0.2, 0.25) is 0 Å². The van der Waals surface area contributed by atoms with Gasteiger partial charge < -0.3 is 10.4 Å². The number of hydrogen-bond acceptors (Lipinski definition) is 5. The van der Waals surface area contributed by atoms with Crippen LogP contribution in [0.1, 0.15) is 36.3 Å². The fraction of sp³-hybridized carbons (Fsp3) is 0.429. The monoisotopic (exact) mass is 287 g/mol. The van der Waals surface area contributed by atoms with E-state index >= 15 is 0 Å². The van der Waals surface area contributed by atoms with Crippen molar-refractivity contribution in [3.8, 4) is 5.82 Å². The van der Waals surface area contributed by atoms with Crippen molar-refractivity contribution < 1.29 is 9.90 Å². The summed E-state index contributed by atoms with van der Waals surface area (Å²) < 4.78 is 1.72. The molecule has 0 bridgehead atoms. The van der Waals surface area contributed by atoms with Crippen molar-refractivity contribution in [3.05, 3.63) is 36.8 Å². The highest BCUT2D eigenvalue weighted by Gasteiger charge is 2.22. The zero-order valence-corrected chi connectivity index (χ0v) is 11.5. The number of aromatic nitrogens is 4. The minimum Gasteiger partial charge on any atom is -0.393 e. The fourth-order valence-corrected chi connectivity index (χ4v) is 2.47. The Morgan fingerprint density at radius 3 is 2.81 bits per heavy atom. The minimum absolute atomic E-state index is 0.0846. The van der Waals surface area contributed by atoms with Gasteiger partial charge in [0.05, 0.1) is 6.10 Å². The number of carbonyl (C=O) groups excluding carboxylic acids is 1. The van der Waals surface area contributed by atoms with Crippen LogP contribution >= 0.6 is 0 Å². The van der Waals surface area contributed by atoms with E-state index < -0.39 is 0 Å². The van der Waals surface area contributed by atoms with Crippen molar-refractivity contribution in [3.63, 3.8) is 0 Å². The fourth-order valence-electron chi connectivity index (χ4n) is 2.47. The van der Waals surface area contributed by atoms with E-state index in [9.17, 15) is 9.90 Å². The maximum absolute atomic E-state index is 12.2. The number of nitrogens with zero attached hydrogens (tertiary/aromatic N) is 4. The van der Waals surface area contributed by atoms with E-state index in [1.54, 1.807) is 35.6 Å². The Kier molecular flexibility index (Phi) is 3.92. The first-order valence-corrected chi connectivity index (χ1v) is 7.02. The van der Waals surface area contributed by atoms with Gasteiger partial charge >= 0.3 is 0 Å². The number of aliphatic hydroxyl groups excluding tert-OH is 1. The van der Waals surface area contributed by atoms with Gasteiger partial charge in [0, 0.05) is 24.6 Å². The molecular formula is C14H17N5O2. The Morgan fingerprint density at radius 2 is 2.10 bits per heavy atom. The van der Waals surface area contributed by atoms with Crippen molar-refractivity contribution in [2.75, 3.05) is 0 Å². The predicted octanol–water partition coefficient (Wildman–Crippen LogP) is 0.696. The number of imidazole rings is 1. The zero-order valence-electron chi connectivity index (χ0n) is 11.5. The molecule has 2 aromatic rings. The summed E-state index contributed by atoms with van der Waals surface area (Å²) in [6.07, 6.45) is 9.36. The summed E-state index contributed by atoms with van der Waals surface area (Å²) >= 11 is 0. The maximum atomic E-state index is 12.2. The zero-order chi connectivity index (χ0) is 14.7. The van der Waals surface area contributed by atoms with Crippen molar-refractivity contribution in [2.45, 2.75) is 37.8 Å². The van der Waals surface area contributed by atoms with E-state index in [0.717, 1.165) is 25.7 Å². The molecule has 0 spiro atoms. The summed E-state index contributed by atoms with van der Waals surface area (Å²) in [7, 11) is 0. The molecule has 0 aliphatic heterocycles. The van der Waals surface area contributed by atoms with E-state index in [2.05, 4.69) is 20.3 Å². The van der Waals surface area contributed by atoms with Gasteiger partial charge in [-0.05, 0) is 31.7 Å². The van der Waals surface area contributed by atoms with Crippen molar-refractivity contribution in [2.24, 2.45) is 0 Å². The molecule has 0 atom stereocenters. The molecule has 2 N–H and O–H groups in total. The number of rotatable bonds is 3. The lowest BCUT2D eigenvalue weighted by molar-refractivity contribution is 0.0858. The van der Waals surface area contributed by atoms with Gasteiger partial charge in [0.1, 0.15) is 12.1 Å². The molecule has 0 saturated heterocycles. The molecule has 2 aromatic heterocycles. The average Bonchev–Trinajstić information content (AvgIpc) is 3.04. The van der Waals surface area contributed by atoms with Crippen LogP contribution in [0.4, 0.5) is 0 Å². The lowest BCUT2D eigenvalue weighted by Gasteiger charge is -2.25. The predicted molar refractivity (Wildman–Crippen MR) is 74.9 cm³/mol. The lowest BCUT2D eigenvalue weighted by atomic mass is 9.93. The Morgan fingerprint density at radius 1 is 1.29 bits per heavy atom. The number of amides is 1. The second-order valence-electron chi connectivity index (χ2n) is 5.19. The van der Waals surface area contributed by atoms with Crippen LogP contribution in [-0.2, 0) is 0 Å². The van der Waals surface area contributed by atoms with Crippen molar-refractivity contribution >= 4 is 5.91 Å². The third-order valence-corrected chi connectivity index (χ3v) is 3.64. The van der Waals surface area contributed by atoms with Crippen LogP contribution in [0.25, 0.3) is 5.82 Å². The first-order chi connectivity index (χ1) is 10.2. The highest BCUT2D eigenvalue weighted by Crippen LogP contribution is 2.18. The molecule has 21 heavy (non-hydrogen) atoms. The Bertz CT molecular complexity index is 606. The van der Waals surface area contributed by atoms with Gasteiger partial charge in [-0.1, -0.05) is 0 Å². The van der Waals surface area contributed by atoms with Crippen molar-refractivity contribution in [1.82, 2.24) is 24.8 Å². The average molecular weight is 287 g/mol. The Hall–Kier alpha value is -2.28. The third-order valence-electron chi connectivity index (χ3n) is 3.64. The SMILES string of the molecule is O=C(N[C@H]1CC[C@H](O)CC1)c1nccc(-n2ccnc2)n1. The molecule has 110 valence electrons. The standard InChI is InChI=1S/C14H17N5O2/c20-11-3-1-10(2-4-11)17-14(21)13-16-6-5-12(18-13)19-8-7-15-9-19/h5-11,20H,1-4H2,(H,17,21)/t10-,11-. The number of nitrogens with one attached hydrogen (secondary N) is 1. The minimum atomic E-state index is -0.279. The molecule has 1 saturated carbocycles. The normalized spacial score (nSPS) is 22.0. The van der Waals surface area contributed by atoms with E-state index in [0.29, 0.717) is 5.82 Å². The molecule has 2 heterocycles. The molecule has 3 rings (SSSR count). The third kappa shape index (κ3) is 3.25. The molecule has 0 aromatic carbocycles. The molecule has 7 heteroatoms. The Balaban J connectivity index is 1.69. The maximum Gasteiger partial charge on any atom is 0.289 e. The molecule has 0 unspecified atom stereocenters. The van der Waals surface area contributed by atoms with Gasteiger partial charge in [0.25, 0.3) is 5.91 Å². The van der Waals surface area contributed by atoms with Gasteiger partial charge in [-0.25, -0.2) is 15.0 Å². The first-order valence-electron chi connectivity index (χ1n) is 7.02. The smallest absolute Gasteiger partial charge is 0.289 e. The molecule has 0 radical (unpaired) electrons. The molecule has 1 aliphatic rings. The number of hydrogen-bond donors (Lipinski definition) is 2. The summed E-state index contributed by atoms with van der Waals surface area (Å²) in [4.78, 5) is 24.4. The Labute approximate surface area is 122 Å². The van der Waals surface area contributed by atoms with Gasteiger partial charge in [0.15, 0.2) is 0 Å². The highest BCUT2D eigenvalue weighted by molar-refractivity contribution is 5.90. The van der Waals surface area contributed by atoms with Crippen LogP contribution in [0.15, 0.2) is 31.0 Å². The molecule has 7 nitrogen and oxygen atoms in total. The van der Waals surface area contributed by atoms with E-state index in [-0.39, 0.29) is 23.9 Å². The second kappa shape index (κ2) is 6.01. The molecule has 1 aliphatic carbocycles.